The monoisotopic (exact) mass is 296 g/mol. The first-order valence-corrected chi connectivity index (χ1v) is 6.62. The number of carbonyl (C=O) groups is 2. The Kier molecular flexibility index (Phi) is 5.24. The number of hydrogen-bond acceptors (Lipinski definition) is 4. The molecule has 2 N–H and O–H groups in total. The molecule has 1 aromatic rings. The average Bonchev–Trinajstić information content (AvgIpc) is 2.46. The van der Waals surface area contributed by atoms with Gasteiger partial charge in [-0.2, -0.15) is 0 Å². The van der Waals surface area contributed by atoms with Gasteiger partial charge in [-0.05, 0) is 17.7 Å². The molecule has 1 amide bonds. The number of carboxylic acid groups (broad SMARTS) is 1. The zero-order valence-corrected chi connectivity index (χ0v) is 11.4. The molecule has 1 fully saturated rings. The van der Waals surface area contributed by atoms with Gasteiger partial charge in [0.1, 0.15) is 12.4 Å². The number of benzene rings is 1. The first-order valence-electron chi connectivity index (χ1n) is 6.62. The van der Waals surface area contributed by atoms with Gasteiger partial charge in [-0.1, -0.05) is 12.1 Å². The van der Waals surface area contributed by atoms with Gasteiger partial charge in [0.2, 0.25) is 5.91 Å². The lowest BCUT2D eigenvalue weighted by molar-refractivity contribution is -0.138. The largest absolute Gasteiger partial charge is 0.480 e. The van der Waals surface area contributed by atoms with Crippen LogP contribution in [-0.4, -0.2) is 54.7 Å². The third-order valence-electron chi connectivity index (χ3n) is 3.20. The molecular formula is C14H17FN2O4. The van der Waals surface area contributed by atoms with E-state index in [0.29, 0.717) is 19.7 Å². The molecule has 0 aromatic heterocycles. The van der Waals surface area contributed by atoms with Crippen molar-refractivity contribution in [3.8, 4) is 0 Å². The molecular weight excluding hydrogens is 279 g/mol. The fourth-order valence-corrected chi connectivity index (χ4v) is 2.16. The number of rotatable bonds is 5. The van der Waals surface area contributed by atoms with Crippen LogP contribution in [0.25, 0.3) is 0 Å². The summed E-state index contributed by atoms with van der Waals surface area (Å²) in [6, 6.07) is 6.07. The summed E-state index contributed by atoms with van der Waals surface area (Å²) >= 11 is 0. The zero-order chi connectivity index (χ0) is 15.2. The molecule has 0 spiro atoms. The number of halogens is 1. The van der Waals surface area contributed by atoms with E-state index in [1.807, 2.05) is 4.90 Å². The van der Waals surface area contributed by atoms with Crippen molar-refractivity contribution in [3.63, 3.8) is 0 Å². The third-order valence-corrected chi connectivity index (χ3v) is 3.20. The number of nitrogens with one attached hydrogen (secondary N) is 1. The molecule has 7 heteroatoms. The second-order valence-electron chi connectivity index (χ2n) is 4.82. The normalized spacial score (nSPS) is 19.2. The minimum absolute atomic E-state index is 0.119. The molecule has 1 saturated heterocycles. The number of carbonyl (C=O) groups excluding carboxylic acids is 1. The number of morpholine rings is 1. The van der Waals surface area contributed by atoms with Crippen molar-refractivity contribution < 1.29 is 23.8 Å². The standard InChI is InChI=1S/C14H17FN2O4/c15-11-3-1-10(2-4-11)12-8-17(5-6-21-12)9-13(18)16-7-14(19)20/h1-4,12H,5-9H2,(H,16,18)(H,19,20). The van der Waals surface area contributed by atoms with Crippen LogP contribution in [0.2, 0.25) is 0 Å². The van der Waals surface area contributed by atoms with Crippen LogP contribution in [0.15, 0.2) is 24.3 Å². The summed E-state index contributed by atoms with van der Waals surface area (Å²) in [6.45, 7) is 1.30. The van der Waals surface area contributed by atoms with Crippen LogP contribution in [0.3, 0.4) is 0 Å². The Bertz CT molecular complexity index is 506. The van der Waals surface area contributed by atoms with Crippen molar-refractivity contribution in [2.45, 2.75) is 6.10 Å². The molecule has 2 rings (SSSR count). The van der Waals surface area contributed by atoms with E-state index in [0.717, 1.165) is 5.56 Å². The maximum Gasteiger partial charge on any atom is 0.322 e. The van der Waals surface area contributed by atoms with E-state index >= 15 is 0 Å². The Labute approximate surface area is 121 Å². The maximum atomic E-state index is 12.9. The molecule has 1 atom stereocenters. The third kappa shape index (κ3) is 4.80. The number of carboxylic acids is 1. The highest BCUT2D eigenvalue weighted by atomic mass is 19.1. The molecule has 1 unspecified atom stereocenters. The second-order valence-corrected chi connectivity index (χ2v) is 4.82. The lowest BCUT2D eigenvalue weighted by atomic mass is 10.1. The first kappa shape index (κ1) is 15.4. The highest BCUT2D eigenvalue weighted by Crippen LogP contribution is 2.22. The van der Waals surface area contributed by atoms with Crippen LogP contribution in [0.4, 0.5) is 4.39 Å². The number of nitrogens with zero attached hydrogens (tertiary/aromatic N) is 1. The molecule has 0 bridgehead atoms. The van der Waals surface area contributed by atoms with E-state index in [2.05, 4.69) is 5.32 Å². The predicted molar refractivity (Wildman–Crippen MR) is 72.2 cm³/mol. The molecule has 6 nitrogen and oxygen atoms in total. The number of ether oxygens (including phenoxy) is 1. The van der Waals surface area contributed by atoms with E-state index in [-0.39, 0.29) is 30.9 Å². The second kappa shape index (κ2) is 7.14. The minimum Gasteiger partial charge on any atom is -0.480 e. The van der Waals surface area contributed by atoms with E-state index in [9.17, 15) is 14.0 Å². The zero-order valence-electron chi connectivity index (χ0n) is 11.4. The van der Waals surface area contributed by atoms with Crippen LogP contribution >= 0.6 is 0 Å². The van der Waals surface area contributed by atoms with Gasteiger partial charge in [-0.25, -0.2) is 4.39 Å². The Morgan fingerprint density at radius 3 is 2.76 bits per heavy atom. The Morgan fingerprint density at radius 2 is 2.10 bits per heavy atom. The fraction of sp³-hybridized carbons (Fsp3) is 0.429. The SMILES string of the molecule is O=C(O)CNC(=O)CN1CCOC(c2ccc(F)cc2)C1. The molecule has 0 aliphatic carbocycles. The molecule has 0 saturated carbocycles. The maximum absolute atomic E-state index is 12.9. The summed E-state index contributed by atoms with van der Waals surface area (Å²) in [5, 5.41) is 10.8. The first-order chi connectivity index (χ1) is 10.0. The van der Waals surface area contributed by atoms with Gasteiger partial charge >= 0.3 is 5.97 Å². The van der Waals surface area contributed by atoms with E-state index in [4.69, 9.17) is 9.84 Å². The lowest BCUT2D eigenvalue weighted by Crippen LogP contribution is -2.45. The summed E-state index contributed by atoms with van der Waals surface area (Å²) in [4.78, 5) is 23.9. The predicted octanol–water partition coefficient (Wildman–Crippen LogP) is 0.400. The van der Waals surface area contributed by atoms with E-state index < -0.39 is 5.97 Å². The highest BCUT2D eigenvalue weighted by Gasteiger charge is 2.23. The Morgan fingerprint density at radius 1 is 1.38 bits per heavy atom. The smallest absolute Gasteiger partial charge is 0.322 e. The van der Waals surface area contributed by atoms with Crippen LogP contribution < -0.4 is 5.32 Å². The van der Waals surface area contributed by atoms with Gasteiger partial charge in [0.25, 0.3) is 0 Å². The molecule has 1 aliphatic rings. The van der Waals surface area contributed by atoms with Crippen molar-refractivity contribution in [2.75, 3.05) is 32.8 Å². The van der Waals surface area contributed by atoms with Crippen molar-refractivity contribution in [3.05, 3.63) is 35.6 Å². The number of amides is 1. The lowest BCUT2D eigenvalue weighted by Gasteiger charge is -2.32. The van der Waals surface area contributed by atoms with E-state index in [1.165, 1.54) is 12.1 Å². The van der Waals surface area contributed by atoms with Crippen LogP contribution in [0.5, 0.6) is 0 Å². The van der Waals surface area contributed by atoms with E-state index in [1.54, 1.807) is 12.1 Å². The Hall–Kier alpha value is -1.99. The average molecular weight is 296 g/mol. The van der Waals surface area contributed by atoms with Gasteiger partial charge in [-0.3, -0.25) is 14.5 Å². The molecule has 114 valence electrons. The molecule has 21 heavy (non-hydrogen) atoms. The van der Waals surface area contributed by atoms with Gasteiger partial charge in [-0.15, -0.1) is 0 Å². The summed E-state index contributed by atoms with van der Waals surface area (Å²) < 4.78 is 18.5. The summed E-state index contributed by atoms with van der Waals surface area (Å²) in [5.74, 6) is -1.72. The Balaban J connectivity index is 1.87. The molecule has 0 radical (unpaired) electrons. The highest BCUT2D eigenvalue weighted by molar-refractivity contribution is 5.82. The quantitative estimate of drug-likeness (QED) is 0.822. The molecule has 1 aromatic carbocycles. The molecule has 1 aliphatic heterocycles. The van der Waals surface area contributed by atoms with Crippen LogP contribution in [0, 0.1) is 5.82 Å². The van der Waals surface area contributed by atoms with Crippen LogP contribution in [-0.2, 0) is 14.3 Å². The van der Waals surface area contributed by atoms with Gasteiger partial charge in [0.05, 0.1) is 19.3 Å². The molecule has 1 heterocycles. The van der Waals surface area contributed by atoms with Crippen LogP contribution in [0.1, 0.15) is 11.7 Å². The van der Waals surface area contributed by atoms with Gasteiger partial charge in [0, 0.05) is 13.1 Å². The number of hydrogen-bond donors (Lipinski definition) is 2. The van der Waals surface area contributed by atoms with Crippen molar-refractivity contribution in [1.29, 1.82) is 0 Å². The summed E-state index contributed by atoms with van der Waals surface area (Å²) in [6.07, 6.45) is -0.216. The van der Waals surface area contributed by atoms with Crippen molar-refractivity contribution in [2.24, 2.45) is 0 Å². The van der Waals surface area contributed by atoms with Crippen molar-refractivity contribution >= 4 is 11.9 Å². The van der Waals surface area contributed by atoms with Gasteiger partial charge < -0.3 is 15.2 Å². The number of aliphatic carboxylic acids is 1. The van der Waals surface area contributed by atoms with Crippen molar-refractivity contribution in [1.82, 2.24) is 10.2 Å². The minimum atomic E-state index is -1.07. The van der Waals surface area contributed by atoms with Gasteiger partial charge in [0.15, 0.2) is 0 Å². The fourth-order valence-electron chi connectivity index (χ4n) is 2.16. The topological polar surface area (TPSA) is 78.9 Å². The summed E-state index contributed by atoms with van der Waals surface area (Å²) in [7, 11) is 0. The summed E-state index contributed by atoms with van der Waals surface area (Å²) in [5.41, 5.74) is 0.854.